The number of hydrogen-bond acceptors (Lipinski definition) is 2. The van der Waals surface area contributed by atoms with E-state index in [0.717, 1.165) is 61.9 Å². The molecule has 2 heterocycles. The van der Waals surface area contributed by atoms with Crippen LogP contribution in [0.25, 0.3) is 10.8 Å². The highest BCUT2D eigenvalue weighted by Crippen LogP contribution is 2.33. The van der Waals surface area contributed by atoms with Crippen LogP contribution in [0.15, 0.2) is 78.4 Å². The first-order valence-electron chi connectivity index (χ1n) is 12.9. The Morgan fingerprint density at radius 1 is 0.943 bits per heavy atom. The second-order valence-electron chi connectivity index (χ2n) is 10.5. The van der Waals surface area contributed by atoms with E-state index in [1.807, 2.05) is 36.4 Å². The van der Waals surface area contributed by atoms with Crippen molar-refractivity contribution in [2.75, 3.05) is 32.7 Å². The highest BCUT2D eigenvalue weighted by molar-refractivity contribution is 6.07. The van der Waals surface area contributed by atoms with Crippen molar-refractivity contribution in [2.24, 2.45) is 11.8 Å². The monoisotopic (exact) mass is 470 g/mol. The zero-order valence-corrected chi connectivity index (χ0v) is 20.8. The van der Waals surface area contributed by atoms with Crippen molar-refractivity contribution in [1.82, 2.24) is 9.80 Å². The van der Waals surface area contributed by atoms with Crippen LogP contribution in [0.5, 0.6) is 0 Å². The molecule has 2 fully saturated rings. The van der Waals surface area contributed by atoms with Crippen LogP contribution in [0.4, 0.5) is 4.39 Å². The number of benzene rings is 3. The molecule has 35 heavy (non-hydrogen) atoms. The topological polar surface area (TPSA) is 23.6 Å². The molecule has 1 amide bonds. The summed E-state index contributed by atoms with van der Waals surface area (Å²) in [5.74, 6) is 1.31. The summed E-state index contributed by atoms with van der Waals surface area (Å²) < 4.78 is 13.3. The molecule has 4 heteroatoms. The van der Waals surface area contributed by atoms with Gasteiger partial charge in [0.15, 0.2) is 0 Å². The highest BCUT2D eigenvalue weighted by atomic mass is 19.1. The summed E-state index contributed by atoms with van der Waals surface area (Å²) in [6.07, 6.45) is 4.57. The third-order valence-electron chi connectivity index (χ3n) is 7.77. The molecule has 3 aromatic carbocycles. The summed E-state index contributed by atoms with van der Waals surface area (Å²) in [6, 6.07) is 21.2. The Bertz CT molecular complexity index is 1200. The predicted octanol–water partition coefficient (Wildman–Crippen LogP) is 6.51. The van der Waals surface area contributed by atoms with Crippen LogP contribution in [0.3, 0.4) is 0 Å². The summed E-state index contributed by atoms with van der Waals surface area (Å²) in [5, 5.41) is 2.14. The van der Waals surface area contributed by atoms with E-state index in [0.29, 0.717) is 17.8 Å². The Kier molecular flexibility index (Phi) is 7.01. The number of hydrogen-bond donors (Lipinski definition) is 0. The Morgan fingerprint density at radius 2 is 1.66 bits per heavy atom. The zero-order chi connectivity index (χ0) is 24.4. The quantitative estimate of drug-likeness (QED) is 0.397. The summed E-state index contributed by atoms with van der Waals surface area (Å²) in [6.45, 7) is 9.01. The highest BCUT2D eigenvalue weighted by Gasteiger charge is 2.36. The fourth-order valence-corrected chi connectivity index (χ4v) is 5.97. The van der Waals surface area contributed by atoms with E-state index in [2.05, 4.69) is 47.9 Å². The largest absolute Gasteiger partial charge is 0.338 e. The van der Waals surface area contributed by atoms with Crippen molar-refractivity contribution in [1.29, 1.82) is 0 Å². The smallest absolute Gasteiger partial charge is 0.254 e. The van der Waals surface area contributed by atoms with Gasteiger partial charge in [-0.3, -0.25) is 4.79 Å². The summed E-state index contributed by atoms with van der Waals surface area (Å²) in [4.78, 5) is 18.3. The number of allylic oxidation sites excluding steroid dienone is 1. The molecule has 2 aliphatic rings. The minimum absolute atomic E-state index is 0.145. The molecule has 0 aromatic heterocycles. The van der Waals surface area contributed by atoms with Gasteiger partial charge >= 0.3 is 0 Å². The average molecular weight is 471 g/mol. The van der Waals surface area contributed by atoms with Gasteiger partial charge in [0, 0.05) is 31.1 Å². The number of carbonyl (C=O) groups is 1. The van der Waals surface area contributed by atoms with Crippen molar-refractivity contribution in [3.8, 4) is 0 Å². The Labute approximate surface area is 208 Å². The van der Waals surface area contributed by atoms with Crippen LogP contribution in [0.1, 0.15) is 48.5 Å². The van der Waals surface area contributed by atoms with Gasteiger partial charge in [-0.1, -0.05) is 60.2 Å². The van der Waals surface area contributed by atoms with Crippen LogP contribution < -0.4 is 0 Å². The maximum atomic E-state index is 13.6. The van der Waals surface area contributed by atoms with Crippen molar-refractivity contribution in [3.05, 3.63) is 95.3 Å². The van der Waals surface area contributed by atoms with Crippen LogP contribution in [0.2, 0.25) is 0 Å². The van der Waals surface area contributed by atoms with Crippen molar-refractivity contribution < 1.29 is 9.18 Å². The molecule has 0 radical (unpaired) electrons. The lowest BCUT2D eigenvalue weighted by Crippen LogP contribution is -2.38. The number of piperidine rings is 1. The van der Waals surface area contributed by atoms with E-state index in [1.54, 1.807) is 12.1 Å². The average Bonchev–Trinajstić information content (AvgIpc) is 3.25. The fourth-order valence-electron chi connectivity index (χ4n) is 5.97. The zero-order valence-electron chi connectivity index (χ0n) is 20.8. The van der Waals surface area contributed by atoms with E-state index in [9.17, 15) is 9.18 Å². The van der Waals surface area contributed by atoms with Crippen LogP contribution in [-0.2, 0) is 0 Å². The molecule has 3 nitrogen and oxygen atoms in total. The van der Waals surface area contributed by atoms with Gasteiger partial charge in [0.1, 0.15) is 5.82 Å². The van der Waals surface area contributed by atoms with Crippen LogP contribution in [0, 0.1) is 17.7 Å². The normalized spacial score (nSPS) is 21.4. The molecule has 2 saturated heterocycles. The molecular weight excluding hydrogens is 435 g/mol. The van der Waals surface area contributed by atoms with Gasteiger partial charge in [-0.15, -0.1) is 0 Å². The second-order valence-corrected chi connectivity index (χ2v) is 10.5. The predicted molar refractivity (Wildman–Crippen MR) is 141 cm³/mol. The van der Waals surface area contributed by atoms with E-state index < -0.39 is 0 Å². The fraction of sp³-hybridized carbons (Fsp3) is 0.387. The van der Waals surface area contributed by atoms with E-state index in [4.69, 9.17) is 0 Å². The van der Waals surface area contributed by atoms with Crippen molar-refractivity contribution in [3.63, 3.8) is 0 Å². The van der Waals surface area contributed by atoms with Gasteiger partial charge in [-0.2, -0.15) is 0 Å². The maximum Gasteiger partial charge on any atom is 0.254 e. The molecule has 0 saturated carbocycles. The molecule has 182 valence electrons. The second kappa shape index (κ2) is 10.3. The molecule has 0 N–H and O–H groups in total. The van der Waals surface area contributed by atoms with Gasteiger partial charge in [0.2, 0.25) is 0 Å². The summed E-state index contributed by atoms with van der Waals surface area (Å²) >= 11 is 0. The Morgan fingerprint density at radius 3 is 2.40 bits per heavy atom. The van der Waals surface area contributed by atoms with Gasteiger partial charge in [0.25, 0.3) is 5.91 Å². The Balaban J connectivity index is 1.27. The van der Waals surface area contributed by atoms with Gasteiger partial charge < -0.3 is 9.80 Å². The molecule has 0 aliphatic carbocycles. The van der Waals surface area contributed by atoms with Gasteiger partial charge in [-0.25, -0.2) is 4.39 Å². The van der Waals surface area contributed by atoms with Crippen LogP contribution in [-0.4, -0.2) is 48.4 Å². The SMILES string of the molecule is CC(C)=C[C@@H]1CN(C(=O)c2cccc3ccccc23)CC1CN1CCC(c2ccc(F)cc2)CC1. The molecule has 5 rings (SSSR count). The number of rotatable bonds is 5. The number of amides is 1. The molecule has 3 aromatic rings. The molecular formula is C31H35FN2O. The first-order valence-corrected chi connectivity index (χ1v) is 12.9. The Hall–Kier alpha value is -2.98. The third-order valence-corrected chi connectivity index (χ3v) is 7.77. The minimum atomic E-state index is -0.166. The van der Waals surface area contributed by atoms with E-state index in [-0.39, 0.29) is 11.7 Å². The third kappa shape index (κ3) is 5.33. The van der Waals surface area contributed by atoms with E-state index >= 15 is 0 Å². The standard InChI is InChI=1S/C31H35FN2O/c1-22(2)18-26-20-34(31(35)30-9-5-7-25-6-3-4-8-29(25)30)21-27(26)19-33-16-14-24(15-17-33)23-10-12-28(32)13-11-23/h3-13,18,24,26-27H,14-17,19-21H2,1-2H3/t26-,27?/m1/s1. The number of nitrogens with zero attached hydrogens (tertiary/aromatic N) is 2. The van der Waals surface area contributed by atoms with Crippen LogP contribution >= 0.6 is 0 Å². The molecule has 2 aliphatic heterocycles. The molecule has 0 spiro atoms. The number of halogens is 1. The first-order chi connectivity index (χ1) is 17.0. The summed E-state index contributed by atoms with van der Waals surface area (Å²) in [5.41, 5.74) is 3.37. The lowest BCUT2D eigenvalue weighted by Gasteiger charge is -2.34. The minimum Gasteiger partial charge on any atom is -0.338 e. The van der Waals surface area contributed by atoms with Gasteiger partial charge in [-0.05, 0) is 86.1 Å². The maximum absolute atomic E-state index is 13.6. The van der Waals surface area contributed by atoms with E-state index in [1.165, 1.54) is 11.1 Å². The number of carbonyl (C=O) groups excluding carboxylic acids is 1. The van der Waals surface area contributed by atoms with Crippen molar-refractivity contribution >= 4 is 16.7 Å². The first kappa shape index (κ1) is 23.7. The van der Waals surface area contributed by atoms with Gasteiger partial charge in [0.05, 0.1) is 0 Å². The summed E-state index contributed by atoms with van der Waals surface area (Å²) in [7, 11) is 0. The lowest BCUT2D eigenvalue weighted by atomic mass is 9.88. The molecule has 2 atom stereocenters. The number of fused-ring (bicyclic) bond motifs is 1. The lowest BCUT2D eigenvalue weighted by molar-refractivity contribution is 0.0783. The molecule has 1 unspecified atom stereocenters. The molecule has 0 bridgehead atoms. The van der Waals surface area contributed by atoms with Crippen molar-refractivity contribution in [2.45, 2.75) is 32.6 Å². The number of likely N-dealkylation sites (tertiary alicyclic amines) is 2.